The van der Waals surface area contributed by atoms with E-state index in [1.165, 1.54) is 87.9 Å². The molecule has 0 bridgehead atoms. The summed E-state index contributed by atoms with van der Waals surface area (Å²) in [7, 11) is -0.448. The lowest BCUT2D eigenvalue weighted by atomic mass is 10.1. The van der Waals surface area contributed by atoms with Gasteiger partial charge in [-0.25, -0.2) is 0 Å². The van der Waals surface area contributed by atoms with Crippen LogP contribution in [-0.4, -0.2) is 17.3 Å². The molecule has 0 heterocycles. The molecule has 0 N–H and O–H groups in total. The van der Waals surface area contributed by atoms with Gasteiger partial charge in [-0.2, -0.15) is 8.46 Å². The Labute approximate surface area is 132 Å². The molecule has 0 atom stereocenters. The summed E-state index contributed by atoms with van der Waals surface area (Å²) in [5.41, 5.74) is 0. The fraction of sp³-hybridized carbons (Fsp3) is 1.00. The summed E-state index contributed by atoms with van der Waals surface area (Å²) in [6.45, 7) is 6.94. The van der Waals surface area contributed by atoms with Gasteiger partial charge in [0.2, 0.25) is 0 Å². The largest absolute Gasteiger partial charge is 0.183 e. The van der Waals surface area contributed by atoms with Gasteiger partial charge in [0.25, 0.3) is 0 Å². The fourth-order valence-corrected chi connectivity index (χ4v) is 7.44. The first-order valence-corrected chi connectivity index (χ1v) is 12.6. The van der Waals surface area contributed by atoms with E-state index in [1.807, 2.05) is 0 Å². The zero-order valence-corrected chi connectivity index (χ0v) is 16.1. The molecule has 118 valence electrons. The first-order chi connectivity index (χ1) is 9.18. The SMILES string of the molecule is CCCCCCCCCS(Br)(CCCC)CCCC. The van der Waals surface area contributed by atoms with Crippen molar-refractivity contribution in [3.05, 3.63) is 0 Å². The molecule has 0 aromatic heterocycles. The van der Waals surface area contributed by atoms with Crippen molar-refractivity contribution in [2.45, 2.75) is 91.4 Å². The molecule has 0 rings (SSSR count). The third kappa shape index (κ3) is 12.3. The Bertz CT molecular complexity index is 174. The van der Waals surface area contributed by atoms with Gasteiger partial charge in [-0.05, 0) is 51.3 Å². The van der Waals surface area contributed by atoms with Gasteiger partial charge < -0.3 is 0 Å². The van der Waals surface area contributed by atoms with Crippen molar-refractivity contribution in [1.29, 1.82) is 0 Å². The van der Waals surface area contributed by atoms with Gasteiger partial charge in [-0.3, -0.25) is 0 Å². The molecule has 0 aliphatic heterocycles. The summed E-state index contributed by atoms with van der Waals surface area (Å²) in [5, 5.41) is 0. The third-order valence-electron chi connectivity index (χ3n) is 3.84. The van der Waals surface area contributed by atoms with Gasteiger partial charge in [0, 0.05) is 0 Å². The maximum atomic E-state index is 4.16. The van der Waals surface area contributed by atoms with E-state index in [2.05, 4.69) is 35.6 Å². The minimum absolute atomic E-state index is 0.448. The average molecular weight is 353 g/mol. The van der Waals surface area contributed by atoms with Crippen molar-refractivity contribution in [2.24, 2.45) is 0 Å². The summed E-state index contributed by atoms with van der Waals surface area (Å²) in [4.78, 5) is 0. The van der Waals surface area contributed by atoms with Crippen LogP contribution in [0.25, 0.3) is 0 Å². The van der Waals surface area contributed by atoms with Gasteiger partial charge in [0.15, 0.2) is 0 Å². The number of unbranched alkanes of at least 4 members (excludes halogenated alkanes) is 8. The average Bonchev–Trinajstić information content (AvgIpc) is 2.42. The minimum Gasteiger partial charge on any atom is -0.183 e. The summed E-state index contributed by atoms with van der Waals surface area (Å²) < 4.78 is 0. The van der Waals surface area contributed by atoms with Crippen LogP contribution in [0.1, 0.15) is 91.4 Å². The number of hydrogen-bond acceptors (Lipinski definition) is 0. The molecule has 0 fully saturated rings. The highest BCUT2D eigenvalue weighted by Gasteiger charge is 2.18. The minimum atomic E-state index is -0.448. The second kappa shape index (κ2) is 13.8. The fourth-order valence-electron chi connectivity index (χ4n) is 2.43. The van der Waals surface area contributed by atoms with Crippen LogP contribution in [0, 0.1) is 0 Å². The van der Waals surface area contributed by atoms with E-state index in [1.54, 1.807) is 0 Å². The number of halogens is 1. The number of hydrogen-bond donors (Lipinski definition) is 0. The molecule has 0 aromatic carbocycles. The summed E-state index contributed by atoms with van der Waals surface area (Å²) in [5.74, 6) is 4.39. The van der Waals surface area contributed by atoms with Gasteiger partial charge in [-0.15, -0.1) is 0 Å². The quantitative estimate of drug-likeness (QED) is 0.284. The van der Waals surface area contributed by atoms with Crippen molar-refractivity contribution < 1.29 is 0 Å². The van der Waals surface area contributed by atoms with Crippen molar-refractivity contribution in [2.75, 3.05) is 17.3 Å². The Morgan fingerprint density at radius 2 is 0.895 bits per heavy atom. The van der Waals surface area contributed by atoms with Gasteiger partial charge in [-0.1, -0.05) is 72.1 Å². The van der Waals surface area contributed by atoms with E-state index >= 15 is 0 Å². The lowest BCUT2D eigenvalue weighted by Crippen LogP contribution is -2.07. The molecule has 19 heavy (non-hydrogen) atoms. The second-order valence-electron chi connectivity index (χ2n) is 5.88. The first kappa shape index (κ1) is 19.8. The van der Waals surface area contributed by atoms with E-state index in [-0.39, 0.29) is 0 Å². The molecule has 0 aromatic rings. The van der Waals surface area contributed by atoms with Crippen LogP contribution in [0.3, 0.4) is 0 Å². The van der Waals surface area contributed by atoms with E-state index in [0.717, 1.165) is 0 Å². The summed E-state index contributed by atoms with van der Waals surface area (Å²) in [6.07, 6.45) is 15.6. The molecule has 0 unspecified atom stereocenters. The highest BCUT2D eigenvalue weighted by Crippen LogP contribution is 2.57. The van der Waals surface area contributed by atoms with Crippen molar-refractivity contribution in [3.8, 4) is 0 Å². The molecule has 0 saturated heterocycles. The topological polar surface area (TPSA) is 0 Å². The van der Waals surface area contributed by atoms with Crippen LogP contribution in [0.15, 0.2) is 0 Å². The molecule has 0 aliphatic carbocycles. The smallest absolute Gasteiger partial charge is 0.0136 e. The standard InChI is InChI=1S/C17H37BrS/c1-4-7-10-11-12-13-14-17-19(18,15-8-5-2)16-9-6-3/h4-17H2,1-3H3. The molecule has 0 nitrogen and oxygen atoms in total. The van der Waals surface area contributed by atoms with Crippen LogP contribution >= 0.6 is 23.3 Å². The Hall–Kier alpha value is 0.830. The van der Waals surface area contributed by atoms with Gasteiger partial charge in [0.05, 0.1) is 0 Å². The summed E-state index contributed by atoms with van der Waals surface area (Å²) in [6, 6.07) is 0. The normalized spacial score (nSPS) is 12.8. The molecular weight excluding hydrogens is 316 g/mol. The highest BCUT2D eigenvalue weighted by atomic mass is 79.9. The first-order valence-electron chi connectivity index (χ1n) is 8.64. The van der Waals surface area contributed by atoms with Crippen LogP contribution in [0.2, 0.25) is 0 Å². The molecular formula is C17H37BrS. The summed E-state index contributed by atoms with van der Waals surface area (Å²) >= 11 is 4.16. The molecule has 0 saturated carbocycles. The Morgan fingerprint density at radius 3 is 1.37 bits per heavy atom. The predicted octanol–water partition coefficient (Wildman–Crippen LogP) is 7.45. The Morgan fingerprint density at radius 1 is 0.526 bits per heavy atom. The van der Waals surface area contributed by atoms with Crippen LogP contribution in [-0.2, 0) is 0 Å². The van der Waals surface area contributed by atoms with Crippen molar-refractivity contribution in [3.63, 3.8) is 0 Å². The van der Waals surface area contributed by atoms with Crippen LogP contribution < -0.4 is 0 Å². The van der Waals surface area contributed by atoms with Gasteiger partial charge in [0.1, 0.15) is 0 Å². The third-order valence-corrected chi connectivity index (χ3v) is 9.82. The monoisotopic (exact) mass is 352 g/mol. The maximum absolute atomic E-state index is 4.16. The molecule has 0 amide bonds. The highest BCUT2D eigenvalue weighted by molar-refractivity contribution is 9.58. The maximum Gasteiger partial charge on any atom is -0.0136 e. The predicted molar refractivity (Wildman–Crippen MR) is 98.9 cm³/mol. The van der Waals surface area contributed by atoms with E-state index in [4.69, 9.17) is 0 Å². The Kier molecular flexibility index (Phi) is 14.4. The molecule has 0 spiro atoms. The number of rotatable bonds is 14. The zero-order valence-electron chi connectivity index (χ0n) is 13.7. The molecule has 0 radical (unpaired) electrons. The van der Waals surface area contributed by atoms with Crippen LogP contribution in [0.4, 0.5) is 0 Å². The van der Waals surface area contributed by atoms with E-state index in [0.29, 0.717) is 0 Å². The lowest BCUT2D eigenvalue weighted by molar-refractivity contribution is 0.603. The van der Waals surface area contributed by atoms with Crippen molar-refractivity contribution in [1.82, 2.24) is 0 Å². The molecule has 0 aliphatic rings. The van der Waals surface area contributed by atoms with E-state index in [9.17, 15) is 0 Å². The molecule has 2 heteroatoms. The second-order valence-corrected chi connectivity index (χ2v) is 13.1. The lowest BCUT2D eigenvalue weighted by Gasteiger charge is -2.33. The zero-order chi connectivity index (χ0) is 14.4. The van der Waals surface area contributed by atoms with Gasteiger partial charge >= 0.3 is 0 Å². The van der Waals surface area contributed by atoms with Crippen LogP contribution in [0.5, 0.6) is 0 Å². The van der Waals surface area contributed by atoms with E-state index < -0.39 is 8.46 Å². The van der Waals surface area contributed by atoms with Crippen molar-refractivity contribution >= 4 is 23.3 Å². The Balaban J connectivity index is 3.72.